The van der Waals surface area contributed by atoms with Crippen molar-refractivity contribution in [3.05, 3.63) is 48.8 Å². The van der Waals surface area contributed by atoms with Crippen LogP contribution in [0.4, 0.5) is 5.69 Å². The zero-order valence-corrected chi connectivity index (χ0v) is 23.3. The first-order chi connectivity index (χ1) is 17.5. The smallest absolute Gasteiger partial charge is 0.238 e. The summed E-state index contributed by atoms with van der Waals surface area (Å²) in [7, 11) is -3.31. The fourth-order valence-corrected chi connectivity index (χ4v) is 7.76. The van der Waals surface area contributed by atoms with Gasteiger partial charge in [-0.1, -0.05) is 13.8 Å². The van der Waals surface area contributed by atoms with Crippen molar-refractivity contribution < 1.29 is 17.9 Å². The molecule has 1 aromatic heterocycles. The Bertz CT molecular complexity index is 1160. The number of carbonyl (C=O) groups is 1. The molecule has 2 fully saturated rings. The highest BCUT2D eigenvalue weighted by molar-refractivity contribution is 7.89. The van der Waals surface area contributed by atoms with E-state index in [9.17, 15) is 13.2 Å². The summed E-state index contributed by atoms with van der Waals surface area (Å²) in [5.41, 5.74) is 0.364. The quantitative estimate of drug-likeness (QED) is 0.531. The number of hydrogen-bond donors (Lipinski definition) is 1. The third-order valence-electron chi connectivity index (χ3n) is 7.59. The molecule has 1 spiro atoms. The molecule has 0 radical (unpaired) electrons. The fourth-order valence-electron chi connectivity index (χ4n) is 5.43. The maximum Gasteiger partial charge on any atom is 0.238 e. The number of ether oxygens (including phenoxy) is 1. The van der Waals surface area contributed by atoms with Crippen LogP contribution in [0, 0.1) is 11.3 Å². The topological polar surface area (TPSA) is 91.8 Å². The van der Waals surface area contributed by atoms with Crippen molar-refractivity contribution in [2.45, 2.75) is 58.9 Å². The molecule has 8 nitrogen and oxygen atoms in total. The van der Waals surface area contributed by atoms with Crippen LogP contribution in [0.5, 0.6) is 11.5 Å². The second-order valence-corrected chi connectivity index (χ2v) is 13.6. The SMILES string of the molecule is CC(C)CS(=O)(=O)N1CC2(CCN(CC(=O)Nc3ccc(Oc4cccnc4)cc3)CC2)CCC1(C)C. The number of nitrogens with zero attached hydrogens (tertiary/aromatic N) is 3. The van der Waals surface area contributed by atoms with E-state index in [1.165, 1.54) is 0 Å². The average molecular weight is 529 g/mol. The standard InChI is InChI=1S/C28H40N4O4S/c1-22(2)20-37(34,35)32-21-28(12-11-27(32,3)4)13-16-31(17-14-28)19-26(33)30-23-7-9-24(10-8-23)36-25-6-5-15-29-18-25/h5-10,15,18,22H,11-14,16-17,19-21H2,1-4H3,(H,30,33). The number of rotatable bonds is 8. The molecule has 0 bridgehead atoms. The van der Waals surface area contributed by atoms with E-state index >= 15 is 0 Å². The summed E-state index contributed by atoms with van der Waals surface area (Å²) < 4.78 is 33.9. The Hall–Kier alpha value is -2.49. The lowest BCUT2D eigenvalue weighted by molar-refractivity contribution is -0.118. The van der Waals surface area contributed by atoms with Gasteiger partial charge in [-0.05, 0) is 100 Å². The predicted molar refractivity (Wildman–Crippen MR) is 146 cm³/mol. The third-order valence-corrected chi connectivity index (χ3v) is 9.98. The monoisotopic (exact) mass is 528 g/mol. The van der Waals surface area contributed by atoms with Crippen molar-refractivity contribution in [3.8, 4) is 11.5 Å². The van der Waals surface area contributed by atoms with Gasteiger partial charge in [-0.25, -0.2) is 8.42 Å². The summed E-state index contributed by atoms with van der Waals surface area (Å²) in [5, 5.41) is 2.97. The largest absolute Gasteiger partial charge is 0.456 e. The molecule has 4 rings (SSSR count). The highest BCUT2D eigenvalue weighted by Crippen LogP contribution is 2.46. The zero-order valence-electron chi connectivity index (χ0n) is 22.4. The molecule has 3 heterocycles. The van der Waals surface area contributed by atoms with Crippen LogP contribution >= 0.6 is 0 Å². The van der Waals surface area contributed by atoms with Gasteiger partial charge < -0.3 is 10.1 Å². The number of aromatic nitrogens is 1. The minimum atomic E-state index is -3.31. The number of anilines is 1. The first kappa shape index (κ1) is 27.5. The van der Waals surface area contributed by atoms with Crippen molar-refractivity contribution in [3.63, 3.8) is 0 Å². The van der Waals surface area contributed by atoms with Crippen LogP contribution in [0.25, 0.3) is 0 Å². The number of carbonyl (C=O) groups excluding carboxylic acids is 1. The molecule has 1 amide bonds. The first-order valence-electron chi connectivity index (χ1n) is 13.2. The third kappa shape index (κ3) is 7.09. The van der Waals surface area contributed by atoms with E-state index in [-0.39, 0.29) is 28.5 Å². The molecule has 2 aliphatic heterocycles. The van der Waals surface area contributed by atoms with Crippen LogP contribution in [0.15, 0.2) is 48.8 Å². The van der Waals surface area contributed by atoms with E-state index in [4.69, 9.17) is 4.74 Å². The van der Waals surface area contributed by atoms with Gasteiger partial charge in [0.15, 0.2) is 0 Å². The van der Waals surface area contributed by atoms with Gasteiger partial charge in [-0.2, -0.15) is 4.31 Å². The summed E-state index contributed by atoms with van der Waals surface area (Å²) in [5.74, 6) is 1.57. The van der Waals surface area contributed by atoms with Crippen molar-refractivity contribution in [1.82, 2.24) is 14.2 Å². The normalized spacial score (nSPS) is 20.1. The van der Waals surface area contributed by atoms with E-state index < -0.39 is 10.0 Å². The summed E-state index contributed by atoms with van der Waals surface area (Å²) >= 11 is 0. The molecule has 202 valence electrons. The summed E-state index contributed by atoms with van der Waals surface area (Å²) in [6.45, 7) is 10.5. The Morgan fingerprint density at radius 2 is 1.76 bits per heavy atom. The lowest BCUT2D eigenvalue weighted by atomic mass is 9.69. The number of benzene rings is 1. The van der Waals surface area contributed by atoms with Crippen molar-refractivity contribution in [2.75, 3.05) is 37.2 Å². The predicted octanol–water partition coefficient (Wildman–Crippen LogP) is 4.75. The highest BCUT2D eigenvalue weighted by Gasteiger charge is 2.48. The van der Waals surface area contributed by atoms with E-state index in [0.29, 0.717) is 24.6 Å². The molecule has 37 heavy (non-hydrogen) atoms. The number of piperidine rings is 2. The van der Waals surface area contributed by atoms with E-state index in [1.807, 2.05) is 50.2 Å². The Morgan fingerprint density at radius 3 is 2.38 bits per heavy atom. The summed E-state index contributed by atoms with van der Waals surface area (Å²) in [6.07, 6.45) is 7.05. The van der Waals surface area contributed by atoms with Crippen molar-refractivity contribution >= 4 is 21.6 Å². The summed E-state index contributed by atoms with van der Waals surface area (Å²) in [6, 6.07) is 10.9. The molecule has 2 aromatic rings. The van der Waals surface area contributed by atoms with Gasteiger partial charge in [0.25, 0.3) is 0 Å². The maximum absolute atomic E-state index is 13.2. The Labute approximate surface area is 221 Å². The maximum atomic E-state index is 13.2. The zero-order chi connectivity index (χ0) is 26.7. The van der Waals surface area contributed by atoms with E-state index in [0.717, 1.165) is 44.5 Å². The molecule has 0 saturated carbocycles. The van der Waals surface area contributed by atoms with Crippen molar-refractivity contribution in [1.29, 1.82) is 0 Å². The molecule has 2 saturated heterocycles. The Kier molecular flexibility index (Phi) is 8.26. The minimum absolute atomic E-state index is 0.00332. The molecule has 0 aliphatic carbocycles. The molecular weight excluding hydrogens is 488 g/mol. The fraction of sp³-hybridized carbons (Fsp3) is 0.571. The molecular formula is C28H40N4O4S. The number of likely N-dealkylation sites (tertiary alicyclic amines) is 1. The highest BCUT2D eigenvalue weighted by atomic mass is 32.2. The van der Waals surface area contributed by atoms with E-state index in [2.05, 4.69) is 29.0 Å². The number of sulfonamides is 1. The van der Waals surface area contributed by atoms with Gasteiger partial charge in [-0.15, -0.1) is 0 Å². The number of hydrogen-bond acceptors (Lipinski definition) is 6. The molecule has 0 atom stereocenters. The molecule has 2 aliphatic rings. The van der Waals surface area contributed by atoms with Crippen molar-refractivity contribution in [2.24, 2.45) is 11.3 Å². The average Bonchev–Trinajstić information content (AvgIpc) is 2.83. The molecule has 9 heteroatoms. The van der Waals surface area contributed by atoms with Gasteiger partial charge in [0.05, 0.1) is 18.5 Å². The number of nitrogens with one attached hydrogen (secondary N) is 1. The second kappa shape index (κ2) is 11.1. The Balaban J connectivity index is 1.28. The van der Waals surface area contributed by atoms with Crippen LogP contribution in [0.2, 0.25) is 0 Å². The van der Waals surface area contributed by atoms with Gasteiger partial charge in [0, 0.05) is 24.0 Å². The van der Waals surface area contributed by atoms with E-state index in [1.54, 1.807) is 16.7 Å². The molecule has 0 unspecified atom stereocenters. The summed E-state index contributed by atoms with van der Waals surface area (Å²) in [4.78, 5) is 18.9. The number of amides is 1. The Morgan fingerprint density at radius 1 is 1.05 bits per heavy atom. The molecule has 1 N–H and O–H groups in total. The van der Waals surface area contributed by atoms with Crippen LogP contribution in [0.1, 0.15) is 53.4 Å². The van der Waals surface area contributed by atoms with Gasteiger partial charge in [0.2, 0.25) is 15.9 Å². The van der Waals surface area contributed by atoms with Crippen LogP contribution < -0.4 is 10.1 Å². The minimum Gasteiger partial charge on any atom is -0.456 e. The van der Waals surface area contributed by atoms with Gasteiger partial charge in [0.1, 0.15) is 11.5 Å². The van der Waals surface area contributed by atoms with Crippen LogP contribution in [-0.4, -0.2) is 66.0 Å². The lowest BCUT2D eigenvalue weighted by Crippen LogP contribution is -2.59. The van der Waals surface area contributed by atoms with Gasteiger partial charge >= 0.3 is 0 Å². The van der Waals surface area contributed by atoms with Crippen LogP contribution in [0.3, 0.4) is 0 Å². The first-order valence-corrected chi connectivity index (χ1v) is 14.8. The van der Waals surface area contributed by atoms with Gasteiger partial charge in [-0.3, -0.25) is 14.7 Å². The number of pyridine rings is 1. The lowest BCUT2D eigenvalue weighted by Gasteiger charge is -2.53. The van der Waals surface area contributed by atoms with Crippen LogP contribution in [-0.2, 0) is 14.8 Å². The molecule has 1 aromatic carbocycles. The second-order valence-electron chi connectivity index (χ2n) is 11.6.